The Labute approximate surface area is 171 Å². The van der Waals surface area contributed by atoms with Gasteiger partial charge in [0.15, 0.2) is 29.2 Å². The SMILES string of the molecule is CN1C(=C=O)C(=C=O)N(CC(CS)C(=O)N(CC(=O)O)c2ccccc2)C1=C=O. The summed E-state index contributed by atoms with van der Waals surface area (Å²) in [5, 5.41) is 9.21. The van der Waals surface area contributed by atoms with Gasteiger partial charge in [0, 0.05) is 25.0 Å². The van der Waals surface area contributed by atoms with Crippen molar-refractivity contribution in [3.63, 3.8) is 0 Å². The summed E-state index contributed by atoms with van der Waals surface area (Å²) < 4.78 is 0. The number of para-hydroxylation sites is 1. The second-order valence-corrected chi connectivity index (χ2v) is 6.39. The number of aliphatic carboxylic acids is 1. The number of thiol groups is 1. The van der Waals surface area contributed by atoms with Gasteiger partial charge in [0.2, 0.25) is 11.7 Å². The van der Waals surface area contributed by atoms with Gasteiger partial charge in [0.05, 0.1) is 5.92 Å². The van der Waals surface area contributed by atoms with Crippen molar-refractivity contribution < 1.29 is 29.1 Å². The van der Waals surface area contributed by atoms with E-state index in [4.69, 9.17) is 0 Å². The average molecular weight is 415 g/mol. The van der Waals surface area contributed by atoms with E-state index < -0.39 is 24.3 Å². The smallest absolute Gasteiger partial charge is 0.323 e. The van der Waals surface area contributed by atoms with Crippen LogP contribution in [-0.2, 0) is 24.0 Å². The Balaban J connectivity index is 2.40. The molecule has 1 amide bonds. The van der Waals surface area contributed by atoms with Crippen LogP contribution in [0.5, 0.6) is 0 Å². The van der Waals surface area contributed by atoms with Gasteiger partial charge in [-0.2, -0.15) is 12.6 Å². The lowest BCUT2D eigenvalue weighted by Crippen LogP contribution is -2.44. The molecular formula is C19H17N3O6S. The molecule has 1 aliphatic rings. The van der Waals surface area contributed by atoms with Crippen LogP contribution in [0.4, 0.5) is 5.69 Å². The average Bonchev–Trinajstić information content (AvgIpc) is 2.99. The zero-order valence-electron chi connectivity index (χ0n) is 15.4. The predicted octanol–water partition coefficient (Wildman–Crippen LogP) is 0.00160. The Hall–Kier alpha value is -3.54. The van der Waals surface area contributed by atoms with E-state index >= 15 is 0 Å². The van der Waals surface area contributed by atoms with Gasteiger partial charge < -0.3 is 19.8 Å². The minimum absolute atomic E-state index is 0.0135. The van der Waals surface area contributed by atoms with Crippen molar-refractivity contribution in [2.24, 2.45) is 5.92 Å². The quantitative estimate of drug-likeness (QED) is 0.473. The van der Waals surface area contributed by atoms with Gasteiger partial charge in [0.25, 0.3) is 0 Å². The number of nitrogens with zero attached hydrogens (tertiary/aromatic N) is 3. The summed E-state index contributed by atoms with van der Waals surface area (Å²) in [4.78, 5) is 61.6. The van der Waals surface area contributed by atoms with E-state index in [-0.39, 0.29) is 29.5 Å². The molecule has 1 aromatic rings. The van der Waals surface area contributed by atoms with Crippen LogP contribution in [0.2, 0.25) is 0 Å². The van der Waals surface area contributed by atoms with E-state index in [0.717, 1.165) is 14.7 Å². The number of rotatable bonds is 7. The molecule has 1 unspecified atom stereocenters. The summed E-state index contributed by atoms with van der Waals surface area (Å²) in [7, 11) is 1.37. The number of benzene rings is 1. The minimum atomic E-state index is -1.21. The maximum Gasteiger partial charge on any atom is 0.323 e. The highest BCUT2D eigenvalue weighted by atomic mass is 32.1. The van der Waals surface area contributed by atoms with Crippen LogP contribution in [0.25, 0.3) is 0 Å². The highest BCUT2D eigenvalue weighted by Gasteiger charge is 2.39. The second kappa shape index (κ2) is 9.59. The third kappa shape index (κ3) is 4.48. The molecule has 0 aromatic heterocycles. The highest BCUT2D eigenvalue weighted by molar-refractivity contribution is 7.80. The fraction of sp³-hybridized carbons (Fsp3) is 0.263. The molecule has 0 bridgehead atoms. The number of carboxylic acids is 1. The first-order valence-corrected chi connectivity index (χ1v) is 8.98. The third-order valence-electron chi connectivity index (χ3n) is 4.29. The zero-order valence-corrected chi connectivity index (χ0v) is 16.3. The van der Waals surface area contributed by atoms with Crippen LogP contribution in [0, 0.1) is 5.92 Å². The first-order valence-electron chi connectivity index (χ1n) is 8.35. The van der Waals surface area contributed by atoms with Crippen LogP contribution >= 0.6 is 12.6 Å². The Morgan fingerprint density at radius 3 is 2.21 bits per heavy atom. The number of hydrogen-bond donors (Lipinski definition) is 2. The number of carbonyl (C=O) groups excluding carboxylic acids is 4. The van der Waals surface area contributed by atoms with Crippen molar-refractivity contribution in [1.82, 2.24) is 9.80 Å². The normalized spacial score (nSPS) is 14.2. The van der Waals surface area contributed by atoms with Gasteiger partial charge in [0.1, 0.15) is 6.54 Å². The maximum atomic E-state index is 13.1. The number of carboxylic acid groups (broad SMARTS) is 1. The molecule has 1 fully saturated rings. The number of carbonyl (C=O) groups is 2. The number of hydrogen-bond acceptors (Lipinski definition) is 8. The van der Waals surface area contributed by atoms with Gasteiger partial charge >= 0.3 is 5.97 Å². The second-order valence-electron chi connectivity index (χ2n) is 6.03. The molecule has 150 valence electrons. The molecule has 2 rings (SSSR count). The van der Waals surface area contributed by atoms with Crippen molar-refractivity contribution in [1.29, 1.82) is 0 Å². The largest absolute Gasteiger partial charge is 0.480 e. The summed E-state index contributed by atoms with van der Waals surface area (Å²) in [5.41, 5.74) is -0.102. The molecule has 10 heteroatoms. The number of amides is 1. The molecule has 1 N–H and O–H groups in total. The molecule has 0 aliphatic carbocycles. The van der Waals surface area contributed by atoms with Crippen LogP contribution in [0.15, 0.2) is 47.5 Å². The Morgan fingerprint density at radius 2 is 1.72 bits per heavy atom. The lowest BCUT2D eigenvalue weighted by atomic mass is 10.1. The van der Waals surface area contributed by atoms with Gasteiger partial charge in [-0.05, 0) is 12.1 Å². The van der Waals surface area contributed by atoms with Crippen LogP contribution in [0.1, 0.15) is 0 Å². The third-order valence-corrected chi connectivity index (χ3v) is 4.73. The molecule has 0 radical (unpaired) electrons. The van der Waals surface area contributed by atoms with Crippen LogP contribution in [0.3, 0.4) is 0 Å². The van der Waals surface area contributed by atoms with E-state index in [1.165, 1.54) is 7.05 Å². The maximum absolute atomic E-state index is 13.1. The highest BCUT2D eigenvalue weighted by Crippen LogP contribution is 2.31. The van der Waals surface area contributed by atoms with Crippen molar-refractivity contribution in [3.8, 4) is 0 Å². The summed E-state index contributed by atoms with van der Waals surface area (Å²) in [6.07, 6.45) is 0. The summed E-state index contributed by atoms with van der Waals surface area (Å²) in [6.45, 7) is -0.796. The fourth-order valence-electron chi connectivity index (χ4n) is 2.90. The summed E-state index contributed by atoms with van der Waals surface area (Å²) in [5.74, 6) is 1.90. The Morgan fingerprint density at radius 1 is 1.10 bits per heavy atom. The standard InChI is InChI=1S/C19H17N3O6S/c1-20-15(9-23)16(10-24)22(17(20)11-25)7-13(12-29)19(28)21(8-18(26)27)14-5-3-2-4-6-14/h2-6,13,29H,7-8,12H2,1H3,(H,26,27). The van der Waals surface area contributed by atoms with Crippen LogP contribution < -0.4 is 4.90 Å². The van der Waals surface area contributed by atoms with E-state index in [2.05, 4.69) is 12.6 Å². The van der Waals surface area contributed by atoms with Crippen molar-refractivity contribution in [2.45, 2.75) is 0 Å². The molecule has 1 aromatic carbocycles. The first-order chi connectivity index (χ1) is 13.9. The van der Waals surface area contributed by atoms with E-state index in [1.54, 1.807) is 48.2 Å². The summed E-state index contributed by atoms with van der Waals surface area (Å²) >= 11 is 4.18. The van der Waals surface area contributed by atoms with E-state index in [0.29, 0.717) is 5.69 Å². The van der Waals surface area contributed by atoms with Gasteiger partial charge in [-0.3, -0.25) is 9.59 Å². The predicted molar refractivity (Wildman–Crippen MR) is 106 cm³/mol. The molecule has 0 saturated carbocycles. The molecular weight excluding hydrogens is 398 g/mol. The van der Waals surface area contributed by atoms with Gasteiger partial charge in [-0.25, -0.2) is 14.4 Å². The molecule has 9 nitrogen and oxygen atoms in total. The van der Waals surface area contributed by atoms with Crippen molar-refractivity contribution in [3.05, 3.63) is 47.5 Å². The number of anilines is 1. The monoisotopic (exact) mass is 415 g/mol. The number of likely N-dealkylation sites (N-methyl/N-ethyl adjacent to an activating group) is 1. The summed E-state index contributed by atoms with van der Waals surface area (Å²) in [6, 6.07) is 8.20. The van der Waals surface area contributed by atoms with Crippen molar-refractivity contribution >= 4 is 48.0 Å². The lowest BCUT2D eigenvalue weighted by molar-refractivity contribution is -0.137. The zero-order chi connectivity index (χ0) is 21.6. The molecule has 1 saturated heterocycles. The molecule has 1 aliphatic heterocycles. The lowest BCUT2D eigenvalue weighted by Gasteiger charge is -2.28. The Bertz CT molecular complexity index is 959. The topological polar surface area (TPSA) is 115 Å². The molecule has 1 heterocycles. The molecule has 0 spiro atoms. The van der Waals surface area contributed by atoms with Gasteiger partial charge in [-0.15, -0.1) is 0 Å². The van der Waals surface area contributed by atoms with E-state index in [9.17, 15) is 29.1 Å². The Kier molecular flexibility index (Phi) is 7.20. The minimum Gasteiger partial charge on any atom is -0.480 e. The first kappa shape index (κ1) is 21.8. The fourth-order valence-corrected chi connectivity index (χ4v) is 3.17. The van der Waals surface area contributed by atoms with Crippen molar-refractivity contribution in [2.75, 3.05) is 30.8 Å². The molecule has 29 heavy (non-hydrogen) atoms. The van der Waals surface area contributed by atoms with E-state index in [1.807, 2.05) is 0 Å². The van der Waals surface area contributed by atoms with Gasteiger partial charge in [-0.1, -0.05) is 18.2 Å². The van der Waals surface area contributed by atoms with Crippen LogP contribution in [-0.4, -0.2) is 70.5 Å². The molecule has 1 atom stereocenters.